The average Bonchev–Trinajstić information content (AvgIpc) is 2.47. The summed E-state index contributed by atoms with van der Waals surface area (Å²) in [5.74, 6) is -0.705. The van der Waals surface area contributed by atoms with Crippen molar-refractivity contribution in [2.75, 3.05) is 12.9 Å². The van der Waals surface area contributed by atoms with E-state index in [-0.39, 0.29) is 29.5 Å². The maximum Gasteiger partial charge on any atom is 0.269 e. The molecule has 0 spiro atoms. The lowest BCUT2D eigenvalue weighted by molar-refractivity contribution is -0.384. The van der Waals surface area contributed by atoms with Crippen LogP contribution in [0.3, 0.4) is 0 Å². The number of hydrogen-bond acceptors (Lipinski definition) is 5. The first-order valence-electron chi connectivity index (χ1n) is 6.59. The minimum Gasteiger partial charge on any atom is -0.395 e. The molecule has 21 heavy (non-hydrogen) atoms. The second kappa shape index (κ2) is 7.99. The third-order valence-electron chi connectivity index (χ3n) is 3.38. The molecule has 0 heterocycles. The second-order valence-electron chi connectivity index (χ2n) is 4.83. The number of nitrogens with one attached hydrogen (secondary N) is 1. The van der Waals surface area contributed by atoms with Crippen LogP contribution in [-0.2, 0) is 4.79 Å². The van der Waals surface area contributed by atoms with E-state index in [1.165, 1.54) is 23.9 Å². The molecule has 0 radical (unpaired) electrons. The van der Waals surface area contributed by atoms with Gasteiger partial charge in [-0.2, -0.15) is 11.8 Å². The third-order valence-corrected chi connectivity index (χ3v) is 4.55. The molecule has 3 unspecified atom stereocenters. The standard InChI is InChI=1S/C14H20N2O4S/c1-9(11-5-4-6-12(7-11)16(19)20)14(18)15-10(2)13(8-17)21-3/h4-7,9-10,13,17H,8H2,1-3H3,(H,15,18). The van der Waals surface area contributed by atoms with E-state index >= 15 is 0 Å². The molecule has 116 valence electrons. The molecular weight excluding hydrogens is 292 g/mol. The van der Waals surface area contributed by atoms with E-state index in [0.29, 0.717) is 5.56 Å². The second-order valence-corrected chi connectivity index (χ2v) is 5.90. The summed E-state index contributed by atoms with van der Waals surface area (Å²) in [5, 5.41) is 22.7. The van der Waals surface area contributed by atoms with Crippen LogP contribution in [0.5, 0.6) is 0 Å². The molecule has 0 saturated carbocycles. The van der Waals surface area contributed by atoms with Crippen molar-refractivity contribution >= 4 is 23.4 Å². The van der Waals surface area contributed by atoms with Gasteiger partial charge in [0.15, 0.2) is 0 Å². The van der Waals surface area contributed by atoms with Crippen LogP contribution in [0.2, 0.25) is 0 Å². The highest BCUT2D eigenvalue weighted by Crippen LogP contribution is 2.21. The minimum atomic E-state index is -0.492. The number of rotatable bonds is 7. The van der Waals surface area contributed by atoms with E-state index in [4.69, 9.17) is 0 Å². The lowest BCUT2D eigenvalue weighted by Crippen LogP contribution is -2.42. The number of hydrogen-bond donors (Lipinski definition) is 2. The van der Waals surface area contributed by atoms with Gasteiger partial charge in [-0.3, -0.25) is 14.9 Å². The number of aliphatic hydroxyl groups is 1. The molecule has 0 aliphatic rings. The highest BCUT2D eigenvalue weighted by atomic mass is 32.2. The molecule has 3 atom stereocenters. The molecule has 7 heteroatoms. The highest BCUT2D eigenvalue weighted by molar-refractivity contribution is 7.99. The van der Waals surface area contributed by atoms with Gasteiger partial charge < -0.3 is 10.4 Å². The number of aliphatic hydroxyl groups excluding tert-OH is 1. The zero-order chi connectivity index (χ0) is 16.0. The van der Waals surface area contributed by atoms with Crippen molar-refractivity contribution in [2.45, 2.75) is 31.1 Å². The summed E-state index contributed by atoms with van der Waals surface area (Å²) in [4.78, 5) is 22.5. The van der Waals surface area contributed by atoms with Crippen LogP contribution in [0.15, 0.2) is 24.3 Å². The molecule has 0 aliphatic carbocycles. The van der Waals surface area contributed by atoms with Crippen LogP contribution in [0.4, 0.5) is 5.69 Å². The average molecular weight is 312 g/mol. The van der Waals surface area contributed by atoms with Crippen molar-refractivity contribution < 1.29 is 14.8 Å². The Hall–Kier alpha value is -1.60. The Morgan fingerprint density at radius 2 is 2.14 bits per heavy atom. The van der Waals surface area contributed by atoms with Crippen molar-refractivity contribution in [2.24, 2.45) is 0 Å². The van der Waals surface area contributed by atoms with E-state index in [2.05, 4.69) is 5.32 Å². The van der Waals surface area contributed by atoms with Crippen LogP contribution >= 0.6 is 11.8 Å². The van der Waals surface area contributed by atoms with Crippen molar-refractivity contribution in [3.8, 4) is 0 Å². The maximum atomic E-state index is 12.2. The van der Waals surface area contributed by atoms with Crippen LogP contribution in [-0.4, -0.2) is 40.1 Å². The fourth-order valence-corrected chi connectivity index (χ4v) is 2.56. The summed E-state index contributed by atoms with van der Waals surface area (Å²) in [7, 11) is 0. The maximum absolute atomic E-state index is 12.2. The van der Waals surface area contributed by atoms with E-state index in [9.17, 15) is 20.0 Å². The predicted octanol–water partition coefficient (Wildman–Crippen LogP) is 1.93. The molecule has 0 fully saturated rings. The number of amides is 1. The third kappa shape index (κ3) is 4.71. The Morgan fingerprint density at radius 3 is 2.67 bits per heavy atom. The molecule has 2 N–H and O–H groups in total. The van der Waals surface area contributed by atoms with Gasteiger partial charge in [0.1, 0.15) is 0 Å². The molecule has 0 aromatic heterocycles. The molecule has 1 aromatic carbocycles. The summed E-state index contributed by atoms with van der Waals surface area (Å²) < 4.78 is 0. The molecule has 1 aromatic rings. The monoisotopic (exact) mass is 312 g/mol. The number of carbonyl (C=O) groups excluding carboxylic acids is 1. The quantitative estimate of drug-likeness (QED) is 0.593. The summed E-state index contributed by atoms with van der Waals surface area (Å²) >= 11 is 1.48. The SMILES string of the molecule is CSC(CO)C(C)NC(=O)C(C)c1cccc([N+](=O)[O-])c1. The number of nitro benzene ring substituents is 1. The zero-order valence-corrected chi connectivity index (χ0v) is 13.1. The predicted molar refractivity (Wildman–Crippen MR) is 83.5 cm³/mol. The van der Waals surface area contributed by atoms with E-state index < -0.39 is 10.8 Å². The van der Waals surface area contributed by atoms with Gasteiger partial charge >= 0.3 is 0 Å². The fraction of sp³-hybridized carbons (Fsp3) is 0.500. The smallest absolute Gasteiger partial charge is 0.269 e. The van der Waals surface area contributed by atoms with E-state index in [1.807, 2.05) is 13.2 Å². The van der Waals surface area contributed by atoms with Gasteiger partial charge in [0.2, 0.25) is 5.91 Å². The van der Waals surface area contributed by atoms with E-state index in [0.717, 1.165) is 0 Å². The van der Waals surface area contributed by atoms with Crippen LogP contribution in [0, 0.1) is 10.1 Å². The van der Waals surface area contributed by atoms with Gasteiger partial charge in [0.05, 0.1) is 17.4 Å². The van der Waals surface area contributed by atoms with Crippen molar-refractivity contribution in [1.29, 1.82) is 0 Å². The largest absolute Gasteiger partial charge is 0.395 e. The van der Waals surface area contributed by atoms with Gasteiger partial charge in [-0.05, 0) is 25.7 Å². The van der Waals surface area contributed by atoms with Gasteiger partial charge in [-0.25, -0.2) is 0 Å². The Bertz CT molecular complexity index is 506. The van der Waals surface area contributed by atoms with Crippen LogP contribution < -0.4 is 5.32 Å². The number of nitrogens with zero attached hydrogens (tertiary/aromatic N) is 1. The van der Waals surface area contributed by atoms with Crippen molar-refractivity contribution in [3.05, 3.63) is 39.9 Å². The van der Waals surface area contributed by atoms with E-state index in [1.54, 1.807) is 19.1 Å². The Kier molecular flexibility index (Phi) is 6.64. The number of non-ortho nitro benzene ring substituents is 1. The van der Waals surface area contributed by atoms with Gasteiger partial charge in [0.25, 0.3) is 5.69 Å². The first kappa shape index (κ1) is 17.5. The lowest BCUT2D eigenvalue weighted by atomic mass is 9.99. The Balaban J connectivity index is 2.78. The highest BCUT2D eigenvalue weighted by Gasteiger charge is 2.22. The Morgan fingerprint density at radius 1 is 1.48 bits per heavy atom. The molecule has 6 nitrogen and oxygen atoms in total. The van der Waals surface area contributed by atoms with Crippen molar-refractivity contribution in [3.63, 3.8) is 0 Å². The van der Waals surface area contributed by atoms with Crippen molar-refractivity contribution in [1.82, 2.24) is 5.32 Å². The first-order valence-corrected chi connectivity index (χ1v) is 7.87. The summed E-state index contributed by atoms with van der Waals surface area (Å²) in [6.07, 6.45) is 1.87. The normalized spacial score (nSPS) is 15.0. The zero-order valence-electron chi connectivity index (χ0n) is 12.3. The van der Waals surface area contributed by atoms with Gasteiger partial charge in [-0.1, -0.05) is 12.1 Å². The number of nitro groups is 1. The number of thioether (sulfide) groups is 1. The van der Waals surface area contributed by atoms with Crippen LogP contribution in [0.1, 0.15) is 25.3 Å². The number of benzene rings is 1. The molecule has 1 amide bonds. The van der Waals surface area contributed by atoms with Crippen LogP contribution in [0.25, 0.3) is 0 Å². The molecular formula is C14H20N2O4S. The Labute approximate surface area is 128 Å². The molecule has 1 rings (SSSR count). The summed E-state index contributed by atoms with van der Waals surface area (Å²) in [5.41, 5.74) is 0.566. The lowest BCUT2D eigenvalue weighted by Gasteiger charge is -2.23. The molecule has 0 saturated heterocycles. The number of carbonyl (C=O) groups is 1. The van der Waals surface area contributed by atoms with Gasteiger partial charge in [-0.15, -0.1) is 0 Å². The topological polar surface area (TPSA) is 92.5 Å². The molecule has 0 bridgehead atoms. The summed E-state index contributed by atoms with van der Waals surface area (Å²) in [6, 6.07) is 5.89. The first-order chi connectivity index (χ1) is 9.90. The summed E-state index contributed by atoms with van der Waals surface area (Å²) in [6.45, 7) is 3.51. The molecule has 0 aliphatic heterocycles. The van der Waals surface area contributed by atoms with Gasteiger partial charge in [0, 0.05) is 23.4 Å². The fourth-order valence-electron chi connectivity index (χ4n) is 1.94. The minimum absolute atomic E-state index is 0.0200.